The van der Waals surface area contributed by atoms with E-state index in [0.29, 0.717) is 16.9 Å². The van der Waals surface area contributed by atoms with Gasteiger partial charge < -0.3 is 20.1 Å². The van der Waals surface area contributed by atoms with Gasteiger partial charge in [-0.2, -0.15) is 15.8 Å². The average Bonchev–Trinajstić information content (AvgIpc) is 2.77. The van der Waals surface area contributed by atoms with Gasteiger partial charge in [0.05, 0.1) is 30.5 Å². The minimum atomic E-state index is -1.84. The van der Waals surface area contributed by atoms with Gasteiger partial charge in [0.25, 0.3) is 0 Å². The van der Waals surface area contributed by atoms with Crippen molar-refractivity contribution in [2.45, 2.75) is 32.3 Å². The Labute approximate surface area is 201 Å². The van der Waals surface area contributed by atoms with Crippen LogP contribution in [0.25, 0.3) is 0 Å². The molecule has 0 radical (unpaired) electrons. The van der Waals surface area contributed by atoms with Crippen LogP contribution in [0.4, 0.5) is 4.79 Å². The second-order valence-corrected chi connectivity index (χ2v) is 9.86. The van der Waals surface area contributed by atoms with Gasteiger partial charge in [0, 0.05) is 35.0 Å². The molecular weight excluding hydrogens is 486 g/mol. The molecule has 1 aromatic carbocycles. The molecule has 0 bridgehead atoms. The summed E-state index contributed by atoms with van der Waals surface area (Å²) < 4.78 is 11.8. The van der Waals surface area contributed by atoms with Gasteiger partial charge in [-0.05, 0) is 44.5 Å². The number of nitriles is 3. The van der Waals surface area contributed by atoms with Crippen molar-refractivity contribution in [3.63, 3.8) is 0 Å². The predicted molar refractivity (Wildman–Crippen MR) is 123 cm³/mol. The molecule has 1 heterocycles. The van der Waals surface area contributed by atoms with Crippen molar-refractivity contribution >= 4 is 22.0 Å². The van der Waals surface area contributed by atoms with Crippen molar-refractivity contribution in [3.05, 3.63) is 51.2 Å². The van der Waals surface area contributed by atoms with Gasteiger partial charge in [-0.1, -0.05) is 22.0 Å². The molecule has 1 aliphatic heterocycles. The van der Waals surface area contributed by atoms with Crippen LogP contribution >= 0.6 is 15.9 Å². The van der Waals surface area contributed by atoms with Gasteiger partial charge in [-0.25, -0.2) is 4.79 Å². The fourth-order valence-corrected chi connectivity index (χ4v) is 4.83. The van der Waals surface area contributed by atoms with Gasteiger partial charge in [0.15, 0.2) is 5.41 Å². The summed E-state index contributed by atoms with van der Waals surface area (Å²) in [6, 6.07) is 11.6. The third-order valence-corrected chi connectivity index (χ3v) is 6.34. The molecule has 2 atom stereocenters. The zero-order valence-electron chi connectivity index (χ0n) is 18.8. The van der Waals surface area contributed by atoms with E-state index < -0.39 is 28.9 Å². The number of fused-ring (bicyclic) bond motifs is 1. The Bertz CT molecular complexity index is 1160. The van der Waals surface area contributed by atoms with Gasteiger partial charge in [-0.3, -0.25) is 0 Å². The first kappa shape index (κ1) is 24.2. The van der Waals surface area contributed by atoms with Crippen molar-refractivity contribution in [2.75, 3.05) is 20.2 Å². The minimum absolute atomic E-state index is 0.0877. The molecule has 1 aliphatic carbocycles. The number of carbonyl (C=O) groups is 1. The van der Waals surface area contributed by atoms with Crippen molar-refractivity contribution < 1.29 is 14.3 Å². The van der Waals surface area contributed by atoms with Crippen molar-refractivity contribution in [2.24, 2.45) is 17.1 Å². The lowest BCUT2D eigenvalue weighted by atomic mass is 9.58. The maximum absolute atomic E-state index is 12.8. The number of halogens is 1. The van der Waals surface area contributed by atoms with Crippen LogP contribution in [0.5, 0.6) is 5.75 Å². The molecule has 0 aromatic heterocycles. The van der Waals surface area contributed by atoms with Crippen molar-refractivity contribution in [1.82, 2.24) is 4.90 Å². The lowest BCUT2D eigenvalue weighted by Gasteiger charge is -2.45. The van der Waals surface area contributed by atoms with Crippen molar-refractivity contribution in [3.8, 4) is 24.0 Å². The SMILES string of the molecule is COc1ccc(Br)cc1[C@H]1[C@H]2CN(C(=O)OC(C)(C)C)CC=C2C(C#N)=C(N)C1(C#N)C#N. The van der Waals surface area contributed by atoms with Crippen LogP contribution in [0.1, 0.15) is 32.3 Å². The highest BCUT2D eigenvalue weighted by Gasteiger charge is 2.55. The van der Waals surface area contributed by atoms with E-state index in [2.05, 4.69) is 34.1 Å². The summed E-state index contributed by atoms with van der Waals surface area (Å²) in [5.74, 6) is -0.885. The molecule has 1 aromatic rings. The first-order valence-electron chi connectivity index (χ1n) is 10.3. The van der Waals surface area contributed by atoms with E-state index in [9.17, 15) is 20.6 Å². The molecule has 0 spiro atoms. The zero-order valence-corrected chi connectivity index (χ0v) is 20.4. The summed E-state index contributed by atoms with van der Waals surface area (Å²) in [6.45, 7) is 5.69. The van der Waals surface area contributed by atoms with E-state index in [1.165, 1.54) is 12.0 Å². The Hall–Kier alpha value is -3.48. The van der Waals surface area contributed by atoms with E-state index in [-0.39, 0.29) is 24.4 Å². The van der Waals surface area contributed by atoms with Gasteiger partial charge in [0.1, 0.15) is 17.4 Å². The third-order valence-electron chi connectivity index (χ3n) is 5.84. The number of hydrogen-bond acceptors (Lipinski definition) is 7. The number of rotatable bonds is 2. The summed E-state index contributed by atoms with van der Waals surface area (Å²) in [5.41, 5.74) is 5.04. The fourth-order valence-electron chi connectivity index (χ4n) is 4.45. The number of nitrogens with zero attached hydrogens (tertiary/aromatic N) is 4. The van der Waals surface area contributed by atoms with E-state index in [4.69, 9.17) is 15.2 Å². The van der Waals surface area contributed by atoms with Gasteiger partial charge in [0.2, 0.25) is 0 Å². The summed E-state index contributed by atoms with van der Waals surface area (Å²) in [4.78, 5) is 14.3. The van der Waals surface area contributed by atoms with E-state index >= 15 is 0 Å². The van der Waals surface area contributed by atoms with Crippen molar-refractivity contribution in [1.29, 1.82) is 15.8 Å². The number of carbonyl (C=O) groups excluding carboxylic acids is 1. The highest BCUT2D eigenvalue weighted by molar-refractivity contribution is 9.10. The maximum atomic E-state index is 12.8. The van der Waals surface area contributed by atoms with Crippen LogP contribution in [-0.4, -0.2) is 36.8 Å². The topological polar surface area (TPSA) is 136 Å². The number of benzene rings is 1. The molecule has 33 heavy (non-hydrogen) atoms. The van der Waals surface area contributed by atoms with E-state index in [0.717, 1.165) is 4.47 Å². The lowest BCUT2D eigenvalue weighted by Crippen LogP contribution is -2.50. The molecule has 0 saturated heterocycles. The number of hydrogen-bond donors (Lipinski definition) is 1. The summed E-state index contributed by atoms with van der Waals surface area (Å²) in [7, 11) is 1.50. The number of nitrogens with two attached hydrogens (primary N) is 1. The van der Waals surface area contributed by atoms with Gasteiger partial charge in [-0.15, -0.1) is 0 Å². The Morgan fingerprint density at radius 1 is 1.27 bits per heavy atom. The van der Waals surface area contributed by atoms with E-state index in [1.807, 2.05) is 0 Å². The number of amides is 1. The highest BCUT2D eigenvalue weighted by Crippen LogP contribution is 2.56. The highest BCUT2D eigenvalue weighted by atomic mass is 79.9. The van der Waals surface area contributed by atoms with Crippen LogP contribution in [0, 0.1) is 45.3 Å². The molecule has 0 fully saturated rings. The monoisotopic (exact) mass is 509 g/mol. The largest absolute Gasteiger partial charge is 0.496 e. The van der Waals surface area contributed by atoms with Gasteiger partial charge >= 0.3 is 6.09 Å². The summed E-state index contributed by atoms with van der Waals surface area (Å²) >= 11 is 3.45. The Kier molecular flexibility index (Phi) is 6.45. The van der Waals surface area contributed by atoms with Crippen LogP contribution in [-0.2, 0) is 4.74 Å². The molecule has 2 aliphatic rings. The normalized spacial score (nSPS) is 21.6. The maximum Gasteiger partial charge on any atom is 0.410 e. The Balaban J connectivity index is 2.26. The third kappa shape index (κ3) is 4.15. The Morgan fingerprint density at radius 2 is 1.94 bits per heavy atom. The summed E-state index contributed by atoms with van der Waals surface area (Å²) in [6.07, 6.45) is 1.23. The number of allylic oxidation sites excluding steroid dienone is 2. The summed E-state index contributed by atoms with van der Waals surface area (Å²) in [5, 5.41) is 30.3. The second kappa shape index (κ2) is 8.81. The standard InChI is InChI=1S/C24H24BrN5O3/c1-23(2,3)33-22(31)30-8-7-15-17(10-26)21(29)24(12-27,13-28)20(18(15)11-30)16-9-14(25)5-6-19(16)32-4/h5-7,9,18,20H,8,11,29H2,1-4H3/t18-,20-/m0/s1. The van der Waals surface area contributed by atoms with Crippen LogP contribution in [0.3, 0.4) is 0 Å². The lowest BCUT2D eigenvalue weighted by molar-refractivity contribution is 0.0224. The molecule has 0 saturated carbocycles. The smallest absolute Gasteiger partial charge is 0.410 e. The molecule has 0 unspecified atom stereocenters. The molecule has 9 heteroatoms. The molecule has 3 rings (SSSR count). The first-order chi connectivity index (χ1) is 15.5. The van der Waals surface area contributed by atoms with Crippen LogP contribution in [0.2, 0.25) is 0 Å². The number of ether oxygens (including phenoxy) is 2. The molecular formula is C24H24BrN5O3. The second-order valence-electron chi connectivity index (χ2n) is 8.95. The molecule has 2 N–H and O–H groups in total. The Morgan fingerprint density at radius 3 is 2.48 bits per heavy atom. The quantitative estimate of drug-likeness (QED) is 0.632. The van der Waals surface area contributed by atoms with Crippen LogP contribution in [0.15, 0.2) is 45.6 Å². The molecule has 170 valence electrons. The fraction of sp³-hybridized carbons (Fsp3) is 0.417. The minimum Gasteiger partial charge on any atom is -0.496 e. The first-order valence-corrected chi connectivity index (χ1v) is 11.1. The zero-order chi connectivity index (χ0) is 24.6. The number of methoxy groups -OCH3 is 1. The molecule has 1 amide bonds. The van der Waals surface area contributed by atoms with Crippen LogP contribution < -0.4 is 10.5 Å². The molecule has 8 nitrogen and oxygen atoms in total. The van der Waals surface area contributed by atoms with E-state index in [1.54, 1.807) is 45.0 Å². The predicted octanol–water partition coefficient (Wildman–Crippen LogP) is 4.12. The average molecular weight is 510 g/mol.